The minimum Gasteiger partial charge on any atom is -0.314 e. The molecule has 0 saturated heterocycles. The van der Waals surface area contributed by atoms with Gasteiger partial charge in [-0.05, 0) is 26.7 Å². The summed E-state index contributed by atoms with van der Waals surface area (Å²) >= 11 is 1.69. The molecule has 2 unspecified atom stereocenters. The van der Waals surface area contributed by atoms with Crippen LogP contribution in [0.3, 0.4) is 0 Å². The molecule has 108 valence electrons. The summed E-state index contributed by atoms with van der Waals surface area (Å²) in [6.07, 6.45) is 6.75. The lowest BCUT2D eigenvalue weighted by atomic mass is 10.2. The molecule has 2 aromatic rings. The van der Waals surface area contributed by atoms with Crippen LogP contribution < -0.4 is 5.32 Å². The highest BCUT2D eigenvalue weighted by molar-refractivity contribution is 7.09. The van der Waals surface area contributed by atoms with E-state index in [1.54, 1.807) is 11.3 Å². The molecule has 1 aliphatic heterocycles. The normalized spacial score (nSPS) is 18.3. The first-order valence-electron chi connectivity index (χ1n) is 7.32. The van der Waals surface area contributed by atoms with Crippen LogP contribution in [0, 0.1) is 0 Å². The predicted octanol–water partition coefficient (Wildman–Crippen LogP) is 2.87. The van der Waals surface area contributed by atoms with Gasteiger partial charge in [0.15, 0.2) is 0 Å². The lowest BCUT2D eigenvalue weighted by Gasteiger charge is -2.19. The number of thiazole rings is 1. The first kappa shape index (κ1) is 13.7. The summed E-state index contributed by atoms with van der Waals surface area (Å²) in [7, 11) is 0. The van der Waals surface area contributed by atoms with Gasteiger partial charge in [0, 0.05) is 30.1 Å². The zero-order valence-corrected chi connectivity index (χ0v) is 12.9. The molecule has 2 aromatic heterocycles. The Morgan fingerprint density at radius 3 is 2.90 bits per heavy atom. The van der Waals surface area contributed by atoms with E-state index in [2.05, 4.69) is 38.9 Å². The van der Waals surface area contributed by atoms with Crippen molar-refractivity contribution in [3.63, 3.8) is 0 Å². The van der Waals surface area contributed by atoms with E-state index in [1.807, 2.05) is 11.7 Å². The summed E-state index contributed by atoms with van der Waals surface area (Å²) in [5.74, 6) is 2.22. The maximum atomic E-state index is 4.41. The van der Waals surface area contributed by atoms with Gasteiger partial charge in [0.05, 0.1) is 11.6 Å². The highest BCUT2D eigenvalue weighted by Gasteiger charge is 2.21. The minimum atomic E-state index is 0.200. The van der Waals surface area contributed by atoms with Gasteiger partial charge >= 0.3 is 0 Å². The zero-order valence-electron chi connectivity index (χ0n) is 12.0. The van der Waals surface area contributed by atoms with Crippen LogP contribution in [-0.4, -0.2) is 19.7 Å². The molecule has 2 atom stereocenters. The van der Waals surface area contributed by atoms with Crippen molar-refractivity contribution in [3.05, 3.63) is 28.2 Å². The van der Waals surface area contributed by atoms with E-state index in [0.717, 1.165) is 24.6 Å². The fourth-order valence-corrected chi connectivity index (χ4v) is 3.44. The highest BCUT2D eigenvalue weighted by Crippen LogP contribution is 2.23. The largest absolute Gasteiger partial charge is 0.314 e. The van der Waals surface area contributed by atoms with Crippen molar-refractivity contribution in [3.8, 4) is 0 Å². The number of aromatic nitrogens is 4. The average molecular weight is 291 g/mol. The molecule has 0 bridgehead atoms. The lowest BCUT2D eigenvalue weighted by molar-refractivity contribution is 0.456. The second kappa shape index (κ2) is 6.01. The number of fused-ring (bicyclic) bond motifs is 1. The Hall–Kier alpha value is -1.27. The molecular formula is C14H21N5S. The maximum absolute atomic E-state index is 4.41. The topological polar surface area (TPSA) is 55.6 Å². The van der Waals surface area contributed by atoms with Crippen molar-refractivity contribution in [2.45, 2.75) is 58.2 Å². The van der Waals surface area contributed by atoms with Crippen LogP contribution in [-0.2, 0) is 13.0 Å². The molecule has 0 radical (unpaired) electrons. The monoisotopic (exact) mass is 291 g/mol. The molecule has 1 aliphatic rings. The van der Waals surface area contributed by atoms with Crippen LogP contribution in [0.15, 0.2) is 11.7 Å². The summed E-state index contributed by atoms with van der Waals surface area (Å²) in [6, 6.07) is 0.489. The molecular weight excluding hydrogens is 270 g/mol. The van der Waals surface area contributed by atoms with Crippen LogP contribution in [0.5, 0.6) is 0 Å². The van der Waals surface area contributed by atoms with Gasteiger partial charge in [0.1, 0.15) is 11.6 Å². The van der Waals surface area contributed by atoms with Crippen molar-refractivity contribution in [1.82, 2.24) is 25.1 Å². The van der Waals surface area contributed by atoms with Crippen molar-refractivity contribution < 1.29 is 0 Å². The Morgan fingerprint density at radius 1 is 1.20 bits per heavy atom. The lowest BCUT2D eigenvalue weighted by Crippen LogP contribution is -2.25. The highest BCUT2D eigenvalue weighted by atomic mass is 32.1. The molecule has 3 rings (SSSR count). The molecule has 20 heavy (non-hydrogen) atoms. The van der Waals surface area contributed by atoms with Crippen molar-refractivity contribution in [2.75, 3.05) is 0 Å². The van der Waals surface area contributed by atoms with Gasteiger partial charge in [-0.3, -0.25) is 4.98 Å². The Bertz CT molecular complexity index is 548. The van der Waals surface area contributed by atoms with Crippen LogP contribution in [0.2, 0.25) is 0 Å². The molecule has 6 heteroatoms. The summed E-state index contributed by atoms with van der Waals surface area (Å²) in [5.41, 5.74) is 1.88. The Morgan fingerprint density at radius 2 is 2.10 bits per heavy atom. The third-order valence-corrected chi connectivity index (χ3v) is 4.86. The average Bonchev–Trinajstić information content (AvgIpc) is 3.04. The van der Waals surface area contributed by atoms with Crippen LogP contribution in [0.25, 0.3) is 0 Å². The van der Waals surface area contributed by atoms with Crippen LogP contribution >= 0.6 is 11.3 Å². The predicted molar refractivity (Wildman–Crippen MR) is 79.7 cm³/mol. The van der Waals surface area contributed by atoms with E-state index in [1.165, 1.54) is 24.1 Å². The second-order valence-electron chi connectivity index (χ2n) is 5.45. The number of rotatable bonds is 4. The second-order valence-corrected chi connectivity index (χ2v) is 6.37. The third-order valence-electron chi connectivity index (χ3n) is 3.90. The Labute approximate surface area is 123 Å². The van der Waals surface area contributed by atoms with Gasteiger partial charge < -0.3 is 9.88 Å². The molecule has 5 nitrogen and oxygen atoms in total. The fraction of sp³-hybridized carbons (Fsp3) is 0.643. The summed E-state index contributed by atoms with van der Waals surface area (Å²) < 4.78 is 2.31. The Balaban J connectivity index is 1.74. The molecule has 3 heterocycles. The van der Waals surface area contributed by atoms with Crippen LogP contribution in [0.1, 0.15) is 61.7 Å². The number of hydrogen-bond donors (Lipinski definition) is 1. The zero-order chi connectivity index (χ0) is 13.9. The van der Waals surface area contributed by atoms with Gasteiger partial charge in [0.2, 0.25) is 0 Å². The van der Waals surface area contributed by atoms with E-state index in [-0.39, 0.29) is 12.1 Å². The maximum Gasteiger partial charge on any atom is 0.149 e. The van der Waals surface area contributed by atoms with Gasteiger partial charge in [-0.1, -0.05) is 6.42 Å². The number of aryl methyl sites for hydroxylation is 1. The molecule has 0 aliphatic carbocycles. The molecule has 0 saturated carbocycles. The SMILES string of the molecule is CC(NC(C)c1nnc2n1CCCCC2)c1cncs1. The third kappa shape index (κ3) is 2.76. The summed E-state index contributed by atoms with van der Waals surface area (Å²) in [5, 5.41) is 12.4. The minimum absolute atomic E-state index is 0.200. The quantitative estimate of drug-likeness (QED) is 0.941. The number of nitrogens with one attached hydrogen (secondary N) is 1. The first-order valence-corrected chi connectivity index (χ1v) is 8.20. The smallest absolute Gasteiger partial charge is 0.149 e. The fourth-order valence-electron chi connectivity index (χ4n) is 2.80. The van der Waals surface area contributed by atoms with Crippen molar-refractivity contribution in [1.29, 1.82) is 0 Å². The summed E-state index contributed by atoms with van der Waals surface area (Å²) in [6.45, 7) is 5.39. The molecule has 0 amide bonds. The van der Waals surface area contributed by atoms with Gasteiger partial charge in [-0.25, -0.2) is 0 Å². The van der Waals surface area contributed by atoms with Crippen LogP contribution in [0.4, 0.5) is 0 Å². The Kier molecular flexibility index (Phi) is 4.12. The van der Waals surface area contributed by atoms with Gasteiger partial charge in [-0.15, -0.1) is 21.5 Å². The molecule has 0 aromatic carbocycles. The van der Waals surface area contributed by atoms with E-state index in [4.69, 9.17) is 0 Å². The summed E-state index contributed by atoms with van der Waals surface area (Å²) in [4.78, 5) is 5.40. The van der Waals surface area contributed by atoms with Gasteiger partial charge in [0.25, 0.3) is 0 Å². The number of nitrogens with zero attached hydrogens (tertiary/aromatic N) is 4. The van der Waals surface area contributed by atoms with E-state index >= 15 is 0 Å². The standard InChI is InChI=1S/C14H21N5S/c1-10(12-8-15-9-20-12)16-11(2)14-18-17-13-6-4-3-5-7-19(13)14/h8-11,16H,3-7H2,1-2H3. The molecule has 1 N–H and O–H groups in total. The molecule has 0 fully saturated rings. The number of hydrogen-bond acceptors (Lipinski definition) is 5. The van der Waals surface area contributed by atoms with E-state index in [0.29, 0.717) is 0 Å². The van der Waals surface area contributed by atoms with Gasteiger partial charge in [-0.2, -0.15) is 0 Å². The molecule has 0 spiro atoms. The van der Waals surface area contributed by atoms with E-state index < -0.39 is 0 Å². The van der Waals surface area contributed by atoms with Crippen molar-refractivity contribution >= 4 is 11.3 Å². The first-order chi connectivity index (χ1) is 9.75. The van der Waals surface area contributed by atoms with Crippen molar-refractivity contribution in [2.24, 2.45) is 0 Å². The van der Waals surface area contributed by atoms with E-state index in [9.17, 15) is 0 Å².